The molecule has 0 fully saturated rings. The maximum absolute atomic E-state index is 14.3. The summed E-state index contributed by atoms with van der Waals surface area (Å²) < 4.78 is 20.9. The predicted octanol–water partition coefficient (Wildman–Crippen LogP) is 3.35. The number of hydrogen-bond donors (Lipinski definition) is 2. The molecule has 0 bridgehead atoms. The van der Waals surface area contributed by atoms with Crippen LogP contribution in [0, 0.1) is 12.7 Å². The van der Waals surface area contributed by atoms with Crippen molar-refractivity contribution >= 4 is 22.9 Å². The smallest absolute Gasteiger partial charge is 0.278 e. The fourth-order valence-corrected chi connectivity index (χ4v) is 2.50. The van der Waals surface area contributed by atoms with Crippen molar-refractivity contribution in [2.45, 2.75) is 6.92 Å². The van der Waals surface area contributed by atoms with Crippen molar-refractivity contribution in [1.29, 1.82) is 0 Å². The number of carbonyl (C=O) groups excluding carboxylic acids is 1. The summed E-state index contributed by atoms with van der Waals surface area (Å²) in [5.41, 5.74) is 4.41. The molecule has 3 rings (SSSR count). The van der Waals surface area contributed by atoms with Gasteiger partial charge in [-0.1, -0.05) is 12.6 Å². The Morgan fingerprint density at radius 1 is 1.33 bits per heavy atom. The van der Waals surface area contributed by atoms with Crippen LogP contribution in [0.3, 0.4) is 0 Å². The molecule has 7 nitrogen and oxygen atoms in total. The molecule has 140 valence electrons. The Morgan fingerprint density at radius 2 is 2.19 bits per heavy atom. The van der Waals surface area contributed by atoms with Crippen LogP contribution in [0.4, 0.5) is 15.9 Å². The van der Waals surface area contributed by atoms with E-state index in [0.29, 0.717) is 5.82 Å². The maximum Gasteiger partial charge on any atom is 0.278 e. The number of pyridine rings is 1. The predicted molar refractivity (Wildman–Crippen MR) is 99.2 cm³/mol. The number of nitrogens with one attached hydrogen (secondary N) is 2. The molecule has 1 amide bonds. The van der Waals surface area contributed by atoms with E-state index in [2.05, 4.69) is 22.4 Å². The number of halogens is 1. The number of nitrogens with zero attached hydrogens (tertiary/aromatic N) is 2. The van der Waals surface area contributed by atoms with Gasteiger partial charge in [-0.05, 0) is 36.8 Å². The van der Waals surface area contributed by atoms with Gasteiger partial charge in [0.1, 0.15) is 31.2 Å². The molecule has 0 saturated carbocycles. The van der Waals surface area contributed by atoms with Gasteiger partial charge in [-0.25, -0.2) is 14.9 Å². The van der Waals surface area contributed by atoms with Crippen molar-refractivity contribution in [3.8, 4) is 0 Å². The summed E-state index contributed by atoms with van der Waals surface area (Å²) in [4.78, 5) is 21.7. The van der Waals surface area contributed by atoms with E-state index in [1.165, 1.54) is 12.3 Å². The molecule has 0 atom stereocenters. The Morgan fingerprint density at radius 3 is 2.96 bits per heavy atom. The van der Waals surface area contributed by atoms with E-state index in [1.54, 1.807) is 48.1 Å². The van der Waals surface area contributed by atoms with E-state index < -0.39 is 11.7 Å². The second-order valence-electron chi connectivity index (χ2n) is 5.71. The number of aryl methyl sites for hydroxylation is 1. The highest BCUT2D eigenvalue weighted by Crippen LogP contribution is 2.25. The van der Waals surface area contributed by atoms with Crippen molar-refractivity contribution < 1.29 is 18.8 Å². The molecule has 0 unspecified atom stereocenters. The van der Waals surface area contributed by atoms with Gasteiger partial charge >= 0.3 is 0 Å². The molecule has 1 aromatic carbocycles. The number of hydrogen-bond acceptors (Lipinski definition) is 5. The third-order valence-corrected chi connectivity index (χ3v) is 3.79. The molecule has 27 heavy (non-hydrogen) atoms. The number of imidazole rings is 1. The molecule has 0 aliphatic carbocycles. The number of rotatable bonds is 8. The normalized spacial score (nSPS) is 10.6. The van der Waals surface area contributed by atoms with Crippen molar-refractivity contribution in [2.75, 3.05) is 18.5 Å². The van der Waals surface area contributed by atoms with Crippen LogP contribution in [-0.2, 0) is 9.57 Å². The minimum atomic E-state index is -0.487. The van der Waals surface area contributed by atoms with Gasteiger partial charge in [0, 0.05) is 0 Å². The monoisotopic (exact) mass is 370 g/mol. The Labute approximate surface area is 155 Å². The van der Waals surface area contributed by atoms with E-state index in [4.69, 9.17) is 9.57 Å². The molecule has 0 aliphatic heterocycles. The zero-order chi connectivity index (χ0) is 19.2. The van der Waals surface area contributed by atoms with Gasteiger partial charge in [0.05, 0.1) is 29.2 Å². The number of anilines is 2. The molecule has 3 aromatic rings. The highest BCUT2D eigenvalue weighted by atomic mass is 19.1. The SMILES string of the molecule is C=COCCONC(=O)c1ccc2cncn2c1Nc1ccc(C)cc1F. The molecule has 0 aliphatic rings. The Hall–Kier alpha value is -3.39. The Kier molecular flexibility index (Phi) is 5.68. The van der Waals surface area contributed by atoms with Gasteiger partial charge in [0.15, 0.2) is 0 Å². The molecule has 0 saturated heterocycles. The summed E-state index contributed by atoms with van der Waals surface area (Å²) in [7, 11) is 0. The lowest BCUT2D eigenvalue weighted by atomic mass is 10.2. The van der Waals surface area contributed by atoms with Gasteiger partial charge in [0.25, 0.3) is 5.91 Å². The number of fused-ring (bicyclic) bond motifs is 1. The summed E-state index contributed by atoms with van der Waals surface area (Å²) >= 11 is 0. The van der Waals surface area contributed by atoms with Crippen LogP contribution < -0.4 is 10.8 Å². The van der Waals surface area contributed by atoms with E-state index >= 15 is 0 Å². The zero-order valence-electron chi connectivity index (χ0n) is 14.7. The summed E-state index contributed by atoms with van der Waals surface area (Å²) in [5, 5.41) is 2.98. The fraction of sp³-hybridized carbons (Fsp3) is 0.158. The number of carbonyl (C=O) groups is 1. The van der Waals surface area contributed by atoms with Crippen molar-refractivity contribution in [3.05, 3.63) is 72.6 Å². The Bertz CT molecular complexity index is 971. The standard InChI is InChI=1S/C19H19FN4O3/c1-3-26-8-9-27-23-19(25)15-6-5-14-11-21-12-24(14)18(15)22-17-7-4-13(2)10-16(17)20/h3-7,10-12,22H,1,8-9H2,2H3,(H,23,25). The highest BCUT2D eigenvalue weighted by Gasteiger charge is 2.17. The van der Waals surface area contributed by atoms with Crippen LogP contribution in [0.25, 0.3) is 5.52 Å². The topological polar surface area (TPSA) is 76.9 Å². The number of aromatic nitrogens is 2. The lowest BCUT2D eigenvalue weighted by Crippen LogP contribution is -2.26. The zero-order valence-corrected chi connectivity index (χ0v) is 14.7. The van der Waals surface area contributed by atoms with Crippen molar-refractivity contribution in [2.24, 2.45) is 0 Å². The molecule has 2 N–H and O–H groups in total. The van der Waals surface area contributed by atoms with Gasteiger partial charge < -0.3 is 10.1 Å². The van der Waals surface area contributed by atoms with Crippen LogP contribution in [0.5, 0.6) is 0 Å². The first-order valence-electron chi connectivity index (χ1n) is 8.23. The molecule has 0 spiro atoms. The number of hydroxylamine groups is 1. The first kappa shape index (κ1) is 18.4. The third-order valence-electron chi connectivity index (χ3n) is 3.79. The second-order valence-corrected chi connectivity index (χ2v) is 5.71. The summed E-state index contributed by atoms with van der Waals surface area (Å²) in [6.07, 6.45) is 4.47. The fourth-order valence-electron chi connectivity index (χ4n) is 2.50. The Balaban J connectivity index is 1.87. The quantitative estimate of drug-likeness (QED) is 0.361. The van der Waals surface area contributed by atoms with Crippen LogP contribution in [-0.4, -0.2) is 28.5 Å². The van der Waals surface area contributed by atoms with Crippen LogP contribution in [0.2, 0.25) is 0 Å². The summed E-state index contributed by atoms with van der Waals surface area (Å²) in [6, 6.07) is 8.16. The van der Waals surface area contributed by atoms with Crippen LogP contribution >= 0.6 is 0 Å². The summed E-state index contributed by atoms with van der Waals surface area (Å²) in [5.74, 6) is -0.535. The molecule has 2 heterocycles. The first-order chi connectivity index (χ1) is 13.1. The lowest BCUT2D eigenvalue weighted by molar-refractivity contribution is 0.0145. The average Bonchev–Trinajstić information content (AvgIpc) is 3.13. The second kappa shape index (κ2) is 8.33. The van der Waals surface area contributed by atoms with E-state index in [-0.39, 0.29) is 24.5 Å². The lowest BCUT2D eigenvalue weighted by Gasteiger charge is -2.15. The largest absolute Gasteiger partial charge is 0.499 e. The highest BCUT2D eigenvalue weighted by molar-refractivity contribution is 5.99. The van der Waals surface area contributed by atoms with E-state index in [0.717, 1.165) is 11.1 Å². The third kappa shape index (κ3) is 4.24. The maximum atomic E-state index is 14.3. The average molecular weight is 370 g/mol. The van der Waals surface area contributed by atoms with Gasteiger partial charge in [-0.2, -0.15) is 0 Å². The molecular formula is C19H19FN4O3. The van der Waals surface area contributed by atoms with Gasteiger partial charge in [-0.3, -0.25) is 14.0 Å². The molecule has 0 radical (unpaired) electrons. The minimum Gasteiger partial charge on any atom is -0.499 e. The number of ether oxygens (including phenoxy) is 1. The van der Waals surface area contributed by atoms with Crippen LogP contribution in [0.15, 0.2) is 55.7 Å². The molecule has 8 heteroatoms. The van der Waals surface area contributed by atoms with Gasteiger partial charge in [-0.15, -0.1) is 0 Å². The van der Waals surface area contributed by atoms with Gasteiger partial charge in [0.2, 0.25) is 0 Å². The number of amides is 1. The first-order valence-corrected chi connectivity index (χ1v) is 8.23. The minimum absolute atomic E-state index is 0.153. The van der Waals surface area contributed by atoms with Crippen LogP contribution in [0.1, 0.15) is 15.9 Å². The van der Waals surface area contributed by atoms with Crippen molar-refractivity contribution in [3.63, 3.8) is 0 Å². The van der Waals surface area contributed by atoms with Crippen molar-refractivity contribution in [1.82, 2.24) is 14.9 Å². The molecule has 2 aromatic heterocycles. The summed E-state index contributed by atoms with van der Waals surface area (Å²) in [6.45, 7) is 5.62. The molecular weight excluding hydrogens is 351 g/mol. The van der Waals surface area contributed by atoms with E-state index in [9.17, 15) is 9.18 Å². The van der Waals surface area contributed by atoms with E-state index in [1.807, 2.05) is 0 Å². The number of benzene rings is 1.